The molecule has 0 saturated heterocycles. The summed E-state index contributed by atoms with van der Waals surface area (Å²) in [5.74, 6) is 0.619. The van der Waals surface area contributed by atoms with Crippen LogP contribution in [0.1, 0.15) is 23.2 Å². The number of carbonyl (C=O) groups excluding carboxylic acids is 1. The van der Waals surface area contributed by atoms with E-state index in [1.165, 1.54) is 20.4 Å². The number of hydrogen-bond donors (Lipinski definition) is 1. The largest absolute Gasteiger partial charge is 0.493 e. The number of carbonyl (C=O) groups is 1. The number of methoxy groups -OCH3 is 2. The Morgan fingerprint density at radius 2 is 1.88 bits per heavy atom. The predicted octanol–water partition coefficient (Wildman–Crippen LogP) is 1.46. The topological polar surface area (TPSA) is 107 Å². The molecule has 26 heavy (non-hydrogen) atoms. The summed E-state index contributed by atoms with van der Waals surface area (Å²) in [7, 11) is -0.622. The molecule has 1 aliphatic rings. The van der Waals surface area contributed by atoms with Gasteiger partial charge in [0.1, 0.15) is 0 Å². The van der Waals surface area contributed by atoms with Crippen molar-refractivity contribution in [1.29, 1.82) is 0 Å². The van der Waals surface area contributed by atoms with Gasteiger partial charge in [0.05, 0.1) is 25.5 Å². The first-order valence-corrected chi connectivity index (χ1v) is 9.83. The number of hydrogen-bond acceptors (Lipinski definition) is 7. The van der Waals surface area contributed by atoms with Crippen molar-refractivity contribution >= 4 is 15.7 Å². The van der Waals surface area contributed by atoms with Gasteiger partial charge < -0.3 is 14.8 Å². The van der Waals surface area contributed by atoms with Gasteiger partial charge in [-0.25, -0.2) is 18.4 Å². The Kier molecular flexibility index (Phi) is 4.82. The fourth-order valence-corrected chi connectivity index (χ4v) is 2.91. The minimum atomic E-state index is -3.62. The third-order valence-electron chi connectivity index (χ3n) is 3.91. The Bertz CT molecular complexity index is 955. The van der Waals surface area contributed by atoms with Crippen molar-refractivity contribution in [3.63, 3.8) is 0 Å². The summed E-state index contributed by atoms with van der Waals surface area (Å²) in [6, 6.07) is 5.14. The fourth-order valence-electron chi connectivity index (χ4n) is 2.40. The van der Waals surface area contributed by atoms with Gasteiger partial charge in [-0.3, -0.25) is 4.79 Å². The van der Waals surface area contributed by atoms with Crippen LogP contribution >= 0.6 is 0 Å². The van der Waals surface area contributed by atoms with Crippen molar-refractivity contribution in [3.8, 4) is 22.8 Å². The Morgan fingerprint density at radius 1 is 1.19 bits per heavy atom. The van der Waals surface area contributed by atoms with E-state index in [0.29, 0.717) is 17.1 Å². The van der Waals surface area contributed by atoms with Crippen LogP contribution in [0.4, 0.5) is 0 Å². The number of sulfone groups is 1. The first-order chi connectivity index (χ1) is 12.3. The molecule has 1 amide bonds. The minimum Gasteiger partial charge on any atom is -0.493 e. The maximum Gasteiger partial charge on any atom is 0.255 e. The molecule has 0 radical (unpaired) electrons. The van der Waals surface area contributed by atoms with E-state index in [1.807, 2.05) is 0 Å². The molecule has 2 aromatic rings. The number of ether oxygens (including phenoxy) is 2. The van der Waals surface area contributed by atoms with E-state index in [-0.39, 0.29) is 28.4 Å². The van der Waals surface area contributed by atoms with Crippen LogP contribution < -0.4 is 14.8 Å². The van der Waals surface area contributed by atoms with Crippen molar-refractivity contribution in [3.05, 3.63) is 30.0 Å². The third-order valence-corrected chi connectivity index (χ3v) is 4.77. The molecular weight excluding hydrogens is 358 g/mol. The lowest BCUT2D eigenvalue weighted by Gasteiger charge is -2.13. The minimum absolute atomic E-state index is 0.148. The summed E-state index contributed by atoms with van der Waals surface area (Å²) in [5.41, 5.74) is 0.951. The highest BCUT2D eigenvalue weighted by atomic mass is 32.2. The molecule has 9 heteroatoms. The standard InChI is InChI=1S/C17H19N3O5S/c1-24-13-7-4-10(8-14(13)25-2)15-12(16(21)19-11-5-6-11)9-18-17(20-15)26(3,22)23/h4,7-9,11H,5-6H2,1-3H3,(H,19,21). The molecule has 0 bridgehead atoms. The molecule has 1 N–H and O–H groups in total. The van der Waals surface area contributed by atoms with Crippen LogP contribution in [0.25, 0.3) is 11.3 Å². The number of nitrogens with one attached hydrogen (secondary N) is 1. The van der Waals surface area contributed by atoms with E-state index in [1.54, 1.807) is 18.2 Å². The maximum atomic E-state index is 12.5. The monoisotopic (exact) mass is 377 g/mol. The Balaban J connectivity index is 2.14. The summed E-state index contributed by atoms with van der Waals surface area (Å²) in [5, 5.41) is 2.52. The molecule has 138 valence electrons. The zero-order valence-electron chi connectivity index (χ0n) is 14.6. The van der Waals surface area contributed by atoms with Gasteiger partial charge in [-0.1, -0.05) is 0 Å². The molecule has 0 atom stereocenters. The van der Waals surface area contributed by atoms with Gasteiger partial charge in [-0.2, -0.15) is 0 Å². The van der Waals surface area contributed by atoms with E-state index >= 15 is 0 Å². The van der Waals surface area contributed by atoms with Crippen molar-refractivity contribution < 1.29 is 22.7 Å². The van der Waals surface area contributed by atoms with Crippen molar-refractivity contribution in [2.24, 2.45) is 0 Å². The fraction of sp³-hybridized carbons (Fsp3) is 0.353. The molecule has 1 aliphatic carbocycles. The summed E-state index contributed by atoms with van der Waals surface area (Å²) >= 11 is 0. The quantitative estimate of drug-likeness (QED) is 0.759. The number of rotatable bonds is 6. The SMILES string of the molecule is COc1ccc(-c2nc(S(C)(=O)=O)ncc2C(=O)NC2CC2)cc1OC. The molecule has 1 aromatic heterocycles. The first-order valence-electron chi connectivity index (χ1n) is 7.94. The second-order valence-electron chi connectivity index (χ2n) is 6.00. The van der Waals surface area contributed by atoms with E-state index in [4.69, 9.17) is 9.47 Å². The molecule has 8 nitrogen and oxygen atoms in total. The lowest BCUT2D eigenvalue weighted by atomic mass is 10.1. The van der Waals surface area contributed by atoms with E-state index in [2.05, 4.69) is 15.3 Å². The van der Waals surface area contributed by atoms with Crippen LogP contribution in [-0.2, 0) is 9.84 Å². The summed E-state index contributed by atoms with van der Waals surface area (Å²) in [6.45, 7) is 0. The van der Waals surface area contributed by atoms with Crippen LogP contribution in [0, 0.1) is 0 Å². The molecule has 1 heterocycles. The zero-order valence-corrected chi connectivity index (χ0v) is 15.5. The van der Waals surface area contributed by atoms with Gasteiger partial charge in [0.25, 0.3) is 5.91 Å². The second-order valence-corrected chi connectivity index (χ2v) is 7.91. The van der Waals surface area contributed by atoms with Gasteiger partial charge in [-0.15, -0.1) is 0 Å². The zero-order chi connectivity index (χ0) is 18.9. The normalized spacial score (nSPS) is 14.0. The molecule has 0 spiro atoms. The maximum absolute atomic E-state index is 12.5. The highest BCUT2D eigenvalue weighted by molar-refractivity contribution is 7.90. The van der Waals surface area contributed by atoms with E-state index in [0.717, 1.165) is 19.1 Å². The lowest BCUT2D eigenvalue weighted by Crippen LogP contribution is -2.26. The number of amides is 1. The third kappa shape index (κ3) is 3.77. The summed E-state index contributed by atoms with van der Waals surface area (Å²) in [4.78, 5) is 20.5. The molecule has 0 aliphatic heterocycles. The molecule has 1 aromatic carbocycles. The van der Waals surface area contributed by atoms with Crippen molar-refractivity contribution in [2.45, 2.75) is 24.0 Å². The Morgan fingerprint density at radius 3 is 2.46 bits per heavy atom. The van der Waals surface area contributed by atoms with Crippen LogP contribution in [0.3, 0.4) is 0 Å². The Labute approximate surface area is 151 Å². The molecule has 3 rings (SSSR count). The molecule has 1 fully saturated rings. The van der Waals surface area contributed by atoms with Crippen LogP contribution in [0.2, 0.25) is 0 Å². The second kappa shape index (κ2) is 6.91. The smallest absolute Gasteiger partial charge is 0.255 e. The molecule has 0 unspecified atom stereocenters. The van der Waals surface area contributed by atoms with Crippen molar-refractivity contribution in [1.82, 2.24) is 15.3 Å². The van der Waals surface area contributed by atoms with Crippen LogP contribution in [0.5, 0.6) is 11.5 Å². The van der Waals surface area contributed by atoms with Crippen LogP contribution in [0.15, 0.2) is 29.6 Å². The van der Waals surface area contributed by atoms with Gasteiger partial charge in [0.15, 0.2) is 11.5 Å². The summed E-state index contributed by atoms with van der Waals surface area (Å²) < 4.78 is 34.2. The highest BCUT2D eigenvalue weighted by Gasteiger charge is 2.27. The molecule has 1 saturated carbocycles. The molecular formula is C17H19N3O5S. The van der Waals surface area contributed by atoms with Gasteiger partial charge >= 0.3 is 0 Å². The van der Waals surface area contributed by atoms with Gasteiger partial charge in [0, 0.05) is 24.1 Å². The first kappa shape index (κ1) is 18.1. The highest BCUT2D eigenvalue weighted by Crippen LogP contribution is 2.33. The number of benzene rings is 1. The predicted molar refractivity (Wildman–Crippen MR) is 94.2 cm³/mol. The lowest BCUT2D eigenvalue weighted by molar-refractivity contribution is 0.0951. The average Bonchev–Trinajstić information content (AvgIpc) is 3.43. The Hall–Kier alpha value is -2.68. The average molecular weight is 377 g/mol. The van der Waals surface area contributed by atoms with Gasteiger partial charge in [-0.05, 0) is 31.0 Å². The van der Waals surface area contributed by atoms with E-state index in [9.17, 15) is 13.2 Å². The number of nitrogens with zero attached hydrogens (tertiary/aromatic N) is 2. The van der Waals surface area contributed by atoms with Gasteiger partial charge in [0.2, 0.25) is 15.0 Å². The van der Waals surface area contributed by atoms with Crippen molar-refractivity contribution in [2.75, 3.05) is 20.5 Å². The number of aromatic nitrogens is 2. The summed E-state index contributed by atoms with van der Waals surface area (Å²) in [6.07, 6.45) is 4.12. The van der Waals surface area contributed by atoms with Crippen LogP contribution in [-0.4, -0.2) is 50.8 Å². The van der Waals surface area contributed by atoms with E-state index < -0.39 is 9.84 Å².